The molecule has 0 aromatic carbocycles. The average Bonchev–Trinajstić information content (AvgIpc) is 2.57. The molecule has 0 amide bonds. The highest BCUT2D eigenvalue weighted by molar-refractivity contribution is 7.09. The van der Waals surface area contributed by atoms with E-state index >= 15 is 0 Å². The number of nitrogens with zero attached hydrogens (tertiary/aromatic N) is 1. The molecule has 1 fully saturated rings. The molecule has 1 heterocycles. The summed E-state index contributed by atoms with van der Waals surface area (Å²) in [5.41, 5.74) is 7.75. The molecule has 0 saturated heterocycles. The molecule has 1 aromatic rings. The summed E-state index contributed by atoms with van der Waals surface area (Å²) in [4.78, 5) is 4.52. The zero-order valence-electron chi connectivity index (χ0n) is 9.13. The maximum atomic E-state index is 6.42. The Labute approximate surface area is 89.5 Å². The number of thiazole rings is 1. The number of aromatic nitrogens is 1. The summed E-state index contributed by atoms with van der Waals surface area (Å²) in [5, 5.41) is 3.22. The molecule has 3 heteroatoms. The van der Waals surface area contributed by atoms with Crippen LogP contribution in [0.5, 0.6) is 0 Å². The highest BCUT2D eigenvalue weighted by Crippen LogP contribution is 2.47. The van der Waals surface area contributed by atoms with Crippen LogP contribution in [0.25, 0.3) is 0 Å². The molecule has 0 spiro atoms. The van der Waals surface area contributed by atoms with E-state index in [1.807, 2.05) is 6.92 Å². The molecule has 2 N–H and O–H groups in total. The van der Waals surface area contributed by atoms with Crippen molar-refractivity contribution in [3.05, 3.63) is 16.1 Å². The number of rotatable bonds is 1. The number of nitrogens with two attached hydrogens (primary N) is 1. The molecule has 1 saturated carbocycles. The Bertz CT molecular complexity index is 343. The third-order valence-electron chi connectivity index (χ3n) is 3.09. The van der Waals surface area contributed by atoms with Crippen molar-refractivity contribution in [3.63, 3.8) is 0 Å². The van der Waals surface area contributed by atoms with E-state index in [0.29, 0.717) is 5.41 Å². The molecule has 0 bridgehead atoms. The van der Waals surface area contributed by atoms with Crippen LogP contribution in [-0.2, 0) is 5.54 Å². The first-order valence-corrected chi connectivity index (χ1v) is 6.01. The van der Waals surface area contributed by atoms with Crippen LogP contribution < -0.4 is 5.73 Å². The Balaban J connectivity index is 2.27. The molecule has 1 aliphatic rings. The second-order valence-corrected chi connectivity index (χ2v) is 6.15. The number of hydrogen-bond donors (Lipinski definition) is 1. The highest BCUT2D eigenvalue weighted by Gasteiger charge is 2.43. The van der Waals surface area contributed by atoms with Gasteiger partial charge in [0.2, 0.25) is 0 Å². The van der Waals surface area contributed by atoms with Gasteiger partial charge < -0.3 is 5.73 Å². The van der Waals surface area contributed by atoms with Gasteiger partial charge in [0.1, 0.15) is 5.01 Å². The van der Waals surface area contributed by atoms with Gasteiger partial charge in [0.05, 0.1) is 5.54 Å². The minimum absolute atomic E-state index is 0.150. The van der Waals surface area contributed by atoms with Crippen LogP contribution in [0, 0.1) is 12.3 Å². The summed E-state index contributed by atoms with van der Waals surface area (Å²) in [6.07, 6.45) is 3.35. The minimum atomic E-state index is -0.150. The summed E-state index contributed by atoms with van der Waals surface area (Å²) in [6, 6.07) is 0. The lowest BCUT2D eigenvalue weighted by Crippen LogP contribution is -2.34. The quantitative estimate of drug-likeness (QED) is 0.774. The molecule has 14 heavy (non-hydrogen) atoms. The lowest BCUT2D eigenvalue weighted by Gasteiger charge is -2.24. The SMILES string of the molecule is Cc1csc(C2(N)CCC(C)(C)C2)n1. The van der Waals surface area contributed by atoms with Crippen molar-refractivity contribution >= 4 is 11.3 Å². The van der Waals surface area contributed by atoms with Crippen molar-refractivity contribution in [3.8, 4) is 0 Å². The van der Waals surface area contributed by atoms with E-state index in [1.54, 1.807) is 11.3 Å². The van der Waals surface area contributed by atoms with Gasteiger partial charge in [-0.1, -0.05) is 13.8 Å². The van der Waals surface area contributed by atoms with E-state index in [9.17, 15) is 0 Å². The number of aryl methyl sites for hydroxylation is 1. The van der Waals surface area contributed by atoms with Crippen molar-refractivity contribution < 1.29 is 0 Å². The molecule has 1 unspecified atom stereocenters. The molecule has 1 atom stereocenters. The van der Waals surface area contributed by atoms with E-state index < -0.39 is 0 Å². The molecule has 78 valence electrons. The summed E-state index contributed by atoms with van der Waals surface area (Å²) < 4.78 is 0. The van der Waals surface area contributed by atoms with Gasteiger partial charge >= 0.3 is 0 Å². The third kappa shape index (κ3) is 1.71. The van der Waals surface area contributed by atoms with Crippen LogP contribution in [0.3, 0.4) is 0 Å². The van der Waals surface area contributed by atoms with E-state index in [4.69, 9.17) is 5.73 Å². The Hall–Kier alpha value is -0.410. The minimum Gasteiger partial charge on any atom is -0.319 e. The van der Waals surface area contributed by atoms with Crippen LogP contribution in [0.4, 0.5) is 0 Å². The fraction of sp³-hybridized carbons (Fsp3) is 0.727. The maximum Gasteiger partial charge on any atom is 0.113 e. The van der Waals surface area contributed by atoms with Gasteiger partial charge in [-0.3, -0.25) is 0 Å². The van der Waals surface area contributed by atoms with Gasteiger partial charge in [0, 0.05) is 11.1 Å². The molecular weight excluding hydrogens is 192 g/mol. The Kier molecular flexibility index (Phi) is 2.20. The van der Waals surface area contributed by atoms with E-state index in [2.05, 4.69) is 24.2 Å². The van der Waals surface area contributed by atoms with Crippen molar-refractivity contribution in [1.82, 2.24) is 4.98 Å². The third-order valence-corrected chi connectivity index (χ3v) is 4.27. The van der Waals surface area contributed by atoms with Gasteiger partial charge in [-0.15, -0.1) is 11.3 Å². The van der Waals surface area contributed by atoms with Crippen molar-refractivity contribution in [2.75, 3.05) is 0 Å². The maximum absolute atomic E-state index is 6.42. The predicted molar refractivity (Wildman–Crippen MR) is 60.3 cm³/mol. The molecule has 1 aromatic heterocycles. The first kappa shape index (κ1) is 10.1. The highest BCUT2D eigenvalue weighted by atomic mass is 32.1. The zero-order valence-corrected chi connectivity index (χ0v) is 9.95. The van der Waals surface area contributed by atoms with Crippen molar-refractivity contribution in [2.45, 2.75) is 45.6 Å². The van der Waals surface area contributed by atoms with Gasteiger partial charge in [-0.2, -0.15) is 0 Å². The van der Waals surface area contributed by atoms with E-state index in [1.165, 1.54) is 6.42 Å². The second kappa shape index (κ2) is 3.04. The van der Waals surface area contributed by atoms with Crippen LogP contribution >= 0.6 is 11.3 Å². The Morgan fingerprint density at radius 2 is 2.14 bits per heavy atom. The Morgan fingerprint density at radius 1 is 1.43 bits per heavy atom. The summed E-state index contributed by atoms with van der Waals surface area (Å²) in [7, 11) is 0. The van der Waals surface area contributed by atoms with Crippen LogP contribution in [0.2, 0.25) is 0 Å². The van der Waals surface area contributed by atoms with E-state index in [0.717, 1.165) is 23.5 Å². The normalized spacial score (nSPS) is 30.9. The monoisotopic (exact) mass is 210 g/mol. The summed E-state index contributed by atoms with van der Waals surface area (Å²) in [5.74, 6) is 0. The summed E-state index contributed by atoms with van der Waals surface area (Å²) in [6.45, 7) is 6.62. The first-order valence-electron chi connectivity index (χ1n) is 5.13. The van der Waals surface area contributed by atoms with Gasteiger partial charge in [0.25, 0.3) is 0 Å². The topological polar surface area (TPSA) is 38.9 Å². The second-order valence-electron chi connectivity index (χ2n) is 5.29. The summed E-state index contributed by atoms with van der Waals surface area (Å²) >= 11 is 1.71. The lowest BCUT2D eigenvalue weighted by molar-refractivity contribution is 0.339. The standard InChI is InChI=1S/C11H18N2S/c1-8-6-14-9(13-8)11(12)5-4-10(2,3)7-11/h6H,4-5,7,12H2,1-3H3. The van der Waals surface area contributed by atoms with Crippen molar-refractivity contribution in [2.24, 2.45) is 11.1 Å². The molecule has 2 nitrogen and oxygen atoms in total. The molecule has 2 rings (SSSR count). The fourth-order valence-electron chi connectivity index (χ4n) is 2.36. The fourth-order valence-corrected chi connectivity index (χ4v) is 3.30. The zero-order chi connectivity index (χ0) is 10.4. The molecular formula is C11H18N2S. The largest absolute Gasteiger partial charge is 0.319 e. The van der Waals surface area contributed by atoms with E-state index in [-0.39, 0.29) is 5.54 Å². The molecule has 1 aliphatic carbocycles. The van der Waals surface area contributed by atoms with Crippen LogP contribution in [-0.4, -0.2) is 4.98 Å². The van der Waals surface area contributed by atoms with Crippen LogP contribution in [0.15, 0.2) is 5.38 Å². The molecule has 0 radical (unpaired) electrons. The van der Waals surface area contributed by atoms with Gasteiger partial charge in [0.15, 0.2) is 0 Å². The van der Waals surface area contributed by atoms with Gasteiger partial charge in [-0.05, 0) is 31.6 Å². The Morgan fingerprint density at radius 3 is 2.57 bits per heavy atom. The van der Waals surface area contributed by atoms with Crippen molar-refractivity contribution in [1.29, 1.82) is 0 Å². The molecule has 0 aliphatic heterocycles. The predicted octanol–water partition coefficient (Wildman–Crippen LogP) is 2.82. The smallest absolute Gasteiger partial charge is 0.113 e. The van der Waals surface area contributed by atoms with Gasteiger partial charge in [-0.25, -0.2) is 4.98 Å². The first-order chi connectivity index (χ1) is 6.41. The van der Waals surface area contributed by atoms with Crippen LogP contribution in [0.1, 0.15) is 43.8 Å². The lowest BCUT2D eigenvalue weighted by atomic mass is 9.88. The number of hydrogen-bond acceptors (Lipinski definition) is 3. The average molecular weight is 210 g/mol.